The molecule has 0 radical (unpaired) electrons. The average Bonchev–Trinajstić information content (AvgIpc) is 3.37. The van der Waals surface area contributed by atoms with Gasteiger partial charge >= 0.3 is 0 Å². The van der Waals surface area contributed by atoms with Gasteiger partial charge in [0.1, 0.15) is 5.82 Å². The molecule has 0 saturated carbocycles. The summed E-state index contributed by atoms with van der Waals surface area (Å²) in [5.74, 6) is -0.176. The topological polar surface area (TPSA) is 72.9 Å². The molecule has 0 N–H and O–H groups in total. The number of hydrogen-bond donors (Lipinski definition) is 0. The summed E-state index contributed by atoms with van der Waals surface area (Å²) in [5.41, 5.74) is 0.578. The Bertz CT molecular complexity index is 898. The molecule has 29 heavy (non-hydrogen) atoms. The van der Waals surface area contributed by atoms with E-state index in [-0.39, 0.29) is 24.2 Å². The highest BCUT2D eigenvalue weighted by atomic mass is 32.1. The molecule has 0 spiro atoms. The van der Waals surface area contributed by atoms with E-state index in [0.29, 0.717) is 55.1 Å². The van der Waals surface area contributed by atoms with Crippen LogP contribution in [-0.4, -0.2) is 73.2 Å². The molecule has 0 aliphatic carbocycles. The van der Waals surface area contributed by atoms with Crippen LogP contribution in [0, 0.1) is 5.82 Å². The molecule has 1 aromatic heterocycles. The molecule has 0 unspecified atom stereocenters. The predicted molar refractivity (Wildman–Crippen MR) is 110 cm³/mol. The van der Waals surface area contributed by atoms with Crippen LogP contribution in [0.5, 0.6) is 0 Å². The van der Waals surface area contributed by atoms with Crippen LogP contribution in [0.1, 0.15) is 12.8 Å². The lowest BCUT2D eigenvalue weighted by Crippen LogP contribution is -2.51. The van der Waals surface area contributed by atoms with Crippen LogP contribution in [0.25, 0.3) is 0 Å². The number of aromatic nitrogens is 2. The molecule has 2 aliphatic rings. The highest BCUT2D eigenvalue weighted by molar-refractivity contribution is 7.19. The zero-order chi connectivity index (χ0) is 20.4. The number of anilines is 3. The molecule has 2 aromatic rings. The lowest BCUT2D eigenvalue weighted by molar-refractivity contribution is -0.130. The van der Waals surface area contributed by atoms with E-state index in [2.05, 4.69) is 10.2 Å². The quantitative estimate of drug-likeness (QED) is 0.734. The highest BCUT2D eigenvalue weighted by Gasteiger charge is 2.27. The number of amides is 2. The van der Waals surface area contributed by atoms with Crippen molar-refractivity contribution in [3.05, 3.63) is 30.1 Å². The molecule has 2 amide bonds. The Balaban J connectivity index is 1.31. The fourth-order valence-corrected chi connectivity index (χ4v) is 4.45. The predicted octanol–water partition coefficient (Wildman–Crippen LogP) is 1.59. The third kappa shape index (κ3) is 4.16. The SMILES string of the molecule is CN(CC(=O)N1CCN(c2ccccc2F)CC1)c1nnc(N2CCCC2=O)s1. The Morgan fingerprint density at radius 2 is 1.93 bits per heavy atom. The van der Waals surface area contributed by atoms with Gasteiger partial charge in [-0.2, -0.15) is 0 Å². The number of hydrogen-bond acceptors (Lipinski definition) is 7. The first-order valence-corrected chi connectivity index (χ1v) is 10.5. The van der Waals surface area contributed by atoms with E-state index < -0.39 is 0 Å². The summed E-state index contributed by atoms with van der Waals surface area (Å²) in [6, 6.07) is 6.70. The summed E-state index contributed by atoms with van der Waals surface area (Å²) >= 11 is 1.32. The zero-order valence-electron chi connectivity index (χ0n) is 16.3. The van der Waals surface area contributed by atoms with E-state index in [1.807, 2.05) is 11.0 Å². The van der Waals surface area contributed by atoms with Crippen LogP contribution < -0.4 is 14.7 Å². The van der Waals surface area contributed by atoms with Crippen LogP contribution in [0.15, 0.2) is 24.3 Å². The van der Waals surface area contributed by atoms with Gasteiger partial charge in [0.25, 0.3) is 0 Å². The van der Waals surface area contributed by atoms with Crippen molar-refractivity contribution in [3.8, 4) is 0 Å². The third-order valence-corrected chi connectivity index (χ3v) is 6.29. The second-order valence-electron chi connectivity index (χ2n) is 7.19. The summed E-state index contributed by atoms with van der Waals surface area (Å²) < 4.78 is 14.0. The van der Waals surface area contributed by atoms with Gasteiger partial charge < -0.3 is 14.7 Å². The number of carbonyl (C=O) groups is 2. The van der Waals surface area contributed by atoms with Gasteiger partial charge in [-0.1, -0.05) is 23.5 Å². The Hall–Kier alpha value is -2.75. The zero-order valence-corrected chi connectivity index (χ0v) is 17.1. The van der Waals surface area contributed by atoms with E-state index in [9.17, 15) is 14.0 Å². The molecular formula is C19H23FN6O2S. The van der Waals surface area contributed by atoms with Gasteiger partial charge in [-0.15, -0.1) is 10.2 Å². The van der Waals surface area contributed by atoms with Gasteiger partial charge in [0.05, 0.1) is 12.2 Å². The van der Waals surface area contributed by atoms with Crippen molar-refractivity contribution in [2.24, 2.45) is 0 Å². The number of para-hydroxylation sites is 1. The van der Waals surface area contributed by atoms with Crippen molar-refractivity contribution in [1.29, 1.82) is 0 Å². The average molecular weight is 418 g/mol. The van der Waals surface area contributed by atoms with Crippen LogP contribution in [0.2, 0.25) is 0 Å². The second-order valence-corrected chi connectivity index (χ2v) is 8.13. The van der Waals surface area contributed by atoms with Crippen molar-refractivity contribution in [2.75, 3.05) is 61.0 Å². The molecular weight excluding hydrogens is 395 g/mol. The van der Waals surface area contributed by atoms with Crippen molar-refractivity contribution < 1.29 is 14.0 Å². The van der Waals surface area contributed by atoms with Crippen molar-refractivity contribution in [1.82, 2.24) is 15.1 Å². The normalized spacial score (nSPS) is 17.2. The Morgan fingerprint density at radius 1 is 1.17 bits per heavy atom. The minimum atomic E-state index is -0.240. The van der Waals surface area contributed by atoms with Gasteiger partial charge in [-0.25, -0.2) is 4.39 Å². The van der Waals surface area contributed by atoms with E-state index in [0.717, 1.165) is 6.42 Å². The minimum absolute atomic E-state index is 0.00492. The molecule has 4 rings (SSSR count). The summed E-state index contributed by atoms with van der Waals surface area (Å²) in [7, 11) is 1.80. The van der Waals surface area contributed by atoms with E-state index >= 15 is 0 Å². The molecule has 0 atom stereocenters. The van der Waals surface area contributed by atoms with Gasteiger partial charge in [0, 0.05) is 46.2 Å². The fourth-order valence-electron chi connectivity index (χ4n) is 3.60. The molecule has 0 bridgehead atoms. The summed E-state index contributed by atoms with van der Waals surface area (Å²) in [6.07, 6.45) is 1.38. The van der Waals surface area contributed by atoms with Crippen molar-refractivity contribution in [2.45, 2.75) is 12.8 Å². The number of rotatable bonds is 5. The number of halogens is 1. The lowest BCUT2D eigenvalue weighted by atomic mass is 10.2. The van der Waals surface area contributed by atoms with Crippen LogP contribution >= 0.6 is 11.3 Å². The summed E-state index contributed by atoms with van der Waals surface area (Å²) in [5, 5.41) is 9.43. The van der Waals surface area contributed by atoms with E-state index in [1.165, 1.54) is 17.4 Å². The third-order valence-electron chi connectivity index (χ3n) is 5.23. The Morgan fingerprint density at radius 3 is 2.62 bits per heavy atom. The number of carbonyl (C=O) groups excluding carboxylic acids is 2. The maximum absolute atomic E-state index is 14.0. The van der Waals surface area contributed by atoms with Crippen LogP contribution in [0.3, 0.4) is 0 Å². The molecule has 1 aromatic carbocycles. The number of likely N-dealkylation sites (N-methyl/N-ethyl adjacent to an activating group) is 1. The van der Waals surface area contributed by atoms with Gasteiger partial charge in [0.15, 0.2) is 0 Å². The monoisotopic (exact) mass is 418 g/mol. The lowest BCUT2D eigenvalue weighted by Gasteiger charge is -2.36. The van der Waals surface area contributed by atoms with Crippen LogP contribution in [0.4, 0.5) is 20.3 Å². The first-order chi connectivity index (χ1) is 14.0. The number of piperazine rings is 1. The Labute approximate surface area is 172 Å². The largest absolute Gasteiger partial charge is 0.366 e. The molecule has 2 aliphatic heterocycles. The smallest absolute Gasteiger partial charge is 0.242 e. The first kappa shape index (κ1) is 19.6. The second kappa shape index (κ2) is 8.32. The number of benzene rings is 1. The highest BCUT2D eigenvalue weighted by Crippen LogP contribution is 2.29. The molecule has 10 heteroatoms. The molecule has 3 heterocycles. The van der Waals surface area contributed by atoms with E-state index in [4.69, 9.17) is 0 Å². The van der Waals surface area contributed by atoms with Gasteiger partial charge in [-0.05, 0) is 18.6 Å². The van der Waals surface area contributed by atoms with Gasteiger partial charge in [-0.3, -0.25) is 14.5 Å². The summed E-state index contributed by atoms with van der Waals surface area (Å²) in [4.78, 5) is 31.7. The van der Waals surface area contributed by atoms with Crippen LogP contribution in [-0.2, 0) is 9.59 Å². The molecule has 154 valence electrons. The minimum Gasteiger partial charge on any atom is -0.366 e. The molecule has 8 nitrogen and oxygen atoms in total. The molecule has 2 saturated heterocycles. The van der Waals surface area contributed by atoms with Gasteiger partial charge in [0.2, 0.25) is 22.1 Å². The Kier molecular flexibility index (Phi) is 5.61. The van der Waals surface area contributed by atoms with Crippen molar-refractivity contribution in [3.63, 3.8) is 0 Å². The first-order valence-electron chi connectivity index (χ1n) is 9.65. The maximum Gasteiger partial charge on any atom is 0.242 e. The standard InChI is InChI=1S/C19H23FN6O2S/c1-23(18-21-22-19(29-18)26-8-4-7-16(26)27)13-17(28)25-11-9-24(10-12-25)15-6-3-2-5-14(15)20/h2-3,5-6H,4,7-13H2,1H3. The summed E-state index contributed by atoms with van der Waals surface area (Å²) in [6.45, 7) is 3.13. The van der Waals surface area contributed by atoms with Crippen molar-refractivity contribution >= 4 is 39.1 Å². The molecule has 2 fully saturated rings. The van der Waals surface area contributed by atoms with E-state index in [1.54, 1.807) is 33.9 Å². The maximum atomic E-state index is 14.0. The fraction of sp³-hybridized carbons (Fsp3) is 0.474. The number of nitrogens with zero attached hydrogens (tertiary/aromatic N) is 6.